The van der Waals surface area contributed by atoms with Crippen LogP contribution in [0.3, 0.4) is 0 Å². The van der Waals surface area contributed by atoms with Crippen LogP contribution >= 0.6 is 0 Å². The van der Waals surface area contributed by atoms with Crippen LogP contribution in [0.1, 0.15) is 46.0 Å². The van der Waals surface area contributed by atoms with E-state index >= 15 is 0 Å². The maximum Gasteiger partial charge on any atom is 0.236 e. The van der Waals surface area contributed by atoms with Gasteiger partial charge in [0.05, 0.1) is 6.54 Å². The summed E-state index contributed by atoms with van der Waals surface area (Å²) in [6.45, 7) is 7.97. The van der Waals surface area contributed by atoms with Gasteiger partial charge in [0.15, 0.2) is 0 Å². The lowest BCUT2D eigenvalue weighted by Gasteiger charge is -2.41. The van der Waals surface area contributed by atoms with Gasteiger partial charge in [-0.15, -0.1) is 0 Å². The molecule has 120 valence electrons. The Bertz CT molecular complexity index is 369. The van der Waals surface area contributed by atoms with Gasteiger partial charge in [0.1, 0.15) is 0 Å². The van der Waals surface area contributed by atoms with Crippen molar-refractivity contribution < 1.29 is 9.59 Å². The van der Waals surface area contributed by atoms with Crippen molar-refractivity contribution in [1.29, 1.82) is 0 Å². The predicted molar refractivity (Wildman–Crippen MR) is 82.9 cm³/mol. The number of rotatable bonds is 5. The number of piperidine rings is 1. The molecule has 0 aromatic carbocycles. The third-order valence-corrected chi connectivity index (χ3v) is 4.93. The fraction of sp³-hybridized carbons (Fsp3) is 0.875. The maximum atomic E-state index is 12.4. The van der Waals surface area contributed by atoms with Gasteiger partial charge < -0.3 is 15.1 Å². The van der Waals surface area contributed by atoms with E-state index in [1.54, 1.807) is 0 Å². The molecule has 0 aromatic heterocycles. The smallest absolute Gasteiger partial charge is 0.236 e. The Hall–Kier alpha value is -1.10. The Morgan fingerprint density at radius 2 is 2.10 bits per heavy atom. The van der Waals surface area contributed by atoms with Crippen LogP contribution in [0.15, 0.2) is 0 Å². The zero-order chi connectivity index (χ0) is 15.2. The third kappa shape index (κ3) is 4.19. The lowest BCUT2D eigenvalue weighted by atomic mass is 9.97. The van der Waals surface area contributed by atoms with E-state index in [0.717, 1.165) is 51.9 Å². The van der Waals surface area contributed by atoms with Gasteiger partial charge in [-0.3, -0.25) is 9.59 Å². The summed E-state index contributed by atoms with van der Waals surface area (Å²) < 4.78 is 0. The van der Waals surface area contributed by atoms with Gasteiger partial charge in [-0.25, -0.2) is 0 Å². The first-order chi connectivity index (χ1) is 10.2. The number of nitrogens with zero attached hydrogens (tertiary/aromatic N) is 2. The van der Waals surface area contributed by atoms with Crippen molar-refractivity contribution in [3.8, 4) is 0 Å². The molecule has 1 unspecified atom stereocenters. The van der Waals surface area contributed by atoms with Crippen molar-refractivity contribution >= 4 is 11.8 Å². The molecule has 5 nitrogen and oxygen atoms in total. The Morgan fingerprint density at radius 1 is 1.33 bits per heavy atom. The summed E-state index contributed by atoms with van der Waals surface area (Å²) in [6.07, 6.45) is 4.83. The molecule has 21 heavy (non-hydrogen) atoms. The predicted octanol–water partition coefficient (Wildman–Crippen LogP) is 1.24. The van der Waals surface area contributed by atoms with Gasteiger partial charge >= 0.3 is 0 Å². The summed E-state index contributed by atoms with van der Waals surface area (Å²) in [6, 6.07) is 0.221. The Morgan fingerprint density at radius 3 is 2.76 bits per heavy atom. The standard InChI is InChI=1S/C16H29N3O2/c1-3-13(4-2)10-15(20)18-8-5-6-14(12-18)19-9-7-17-11-16(19)21/h13-14,17H,3-12H2,1-2H3. The van der Waals surface area contributed by atoms with E-state index in [1.165, 1.54) is 0 Å². The second kappa shape index (κ2) is 7.78. The van der Waals surface area contributed by atoms with Gasteiger partial charge in [-0.05, 0) is 18.8 Å². The molecule has 2 aliphatic rings. The molecule has 0 spiro atoms. The first-order valence-electron chi connectivity index (χ1n) is 8.43. The Balaban J connectivity index is 1.90. The third-order valence-electron chi connectivity index (χ3n) is 4.93. The first kappa shape index (κ1) is 16.3. The van der Waals surface area contributed by atoms with Gasteiger partial charge in [0.25, 0.3) is 0 Å². The average molecular weight is 295 g/mol. The second-order valence-corrected chi connectivity index (χ2v) is 6.29. The molecule has 2 heterocycles. The van der Waals surface area contributed by atoms with E-state index in [1.807, 2.05) is 9.80 Å². The molecule has 2 saturated heterocycles. The average Bonchev–Trinajstić information content (AvgIpc) is 2.53. The van der Waals surface area contributed by atoms with Crippen molar-refractivity contribution in [2.45, 2.75) is 52.0 Å². The molecule has 0 aromatic rings. The fourth-order valence-corrected chi connectivity index (χ4v) is 3.40. The summed E-state index contributed by atoms with van der Waals surface area (Å²) in [5, 5.41) is 3.11. The summed E-state index contributed by atoms with van der Waals surface area (Å²) >= 11 is 0. The Labute approximate surface area is 128 Å². The number of likely N-dealkylation sites (tertiary alicyclic amines) is 1. The highest BCUT2D eigenvalue weighted by molar-refractivity contribution is 5.80. The van der Waals surface area contributed by atoms with Crippen LogP contribution in [-0.4, -0.2) is 60.4 Å². The molecule has 1 N–H and O–H groups in total. The highest BCUT2D eigenvalue weighted by Crippen LogP contribution is 2.20. The fourth-order valence-electron chi connectivity index (χ4n) is 3.40. The van der Waals surface area contributed by atoms with E-state index in [4.69, 9.17) is 0 Å². The minimum Gasteiger partial charge on any atom is -0.341 e. The van der Waals surface area contributed by atoms with Crippen LogP contribution in [0.4, 0.5) is 0 Å². The molecule has 0 aliphatic carbocycles. The number of hydrogen-bond acceptors (Lipinski definition) is 3. The summed E-state index contributed by atoms with van der Waals surface area (Å²) in [4.78, 5) is 28.4. The van der Waals surface area contributed by atoms with Crippen LogP contribution in [-0.2, 0) is 9.59 Å². The minimum atomic E-state index is 0.181. The Kier molecular flexibility index (Phi) is 6.03. The molecular formula is C16H29N3O2. The van der Waals surface area contributed by atoms with Crippen molar-refractivity contribution in [1.82, 2.24) is 15.1 Å². The number of piperazine rings is 1. The monoisotopic (exact) mass is 295 g/mol. The first-order valence-corrected chi connectivity index (χ1v) is 8.43. The van der Waals surface area contributed by atoms with Crippen LogP contribution in [0.5, 0.6) is 0 Å². The number of carbonyl (C=O) groups is 2. The van der Waals surface area contributed by atoms with Crippen molar-refractivity contribution in [3.63, 3.8) is 0 Å². The number of hydrogen-bond donors (Lipinski definition) is 1. The lowest BCUT2D eigenvalue weighted by Crippen LogP contribution is -2.57. The quantitative estimate of drug-likeness (QED) is 0.830. The molecule has 0 radical (unpaired) electrons. The number of amides is 2. The second-order valence-electron chi connectivity index (χ2n) is 6.29. The van der Waals surface area contributed by atoms with Crippen LogP contribution in [0.2, 0.25) is 0 Å². The van der Waals surface area contributed by atoms with E-state index in [-0.39, 0.29) is 17.9 Å². The SMILES string of the molecule is CCC(CC)CC(=O)N1CCCC(N2CCNCC2=O)C1. The van der Waals surface area contributed by atoms with Crippen molar-refractivity contribution in [3.05, 3.63) is 0 Å². The topological polar surface area (TPSA) is 52.7 Å². The maximum absolute atomic E-state index is 12.4. The summed E-state index contributed by atoms with van der Waals surface area (Å²) in [5.74, 6) is 0.954. The highest BCUT2D eigenvalue weighted by Gasteiger charge is 2.31. The van der Waals surface area contributed by atoms with E-state index < -0.39 is 0 Å². The van der Waals surface area contributed by atoms with E-state index in [0.29, 0.717) is 18.9 Å². The molecule has 0 bridgehead atoms. The zero-order valence-corrected chi connectivity index (χ0v) is 13.4. The highest BCUT2D eigenvalue weighted by atomic mass is 16.2. The van der Waals surface area contributed by atoms with Gasteiger partial charge in [0.2, 0.25) is 11.8 Å². The normalized spacial score (nSPS) is 23.8. The molecule has 2 amide bonds. The van der Waals surface area contributed by atoms with Crippen LogP contribution < -0.4 is 5.32 Å². The van der Waals surface area contributed by atoms with Crippen LogP contribution in [0, 0.1) is 5.92 Å². The van der Waals surface area contributed by atoms with Gasteiger partial charge in [-0.1, -0.05) is 26.7 Å². The molecular weight excluding hydrogens is 266 g/mol. The zero-order valence-electron chi connectivity index (χ0n) is 13.4. The largest absolute Gasteiger partial charge is 0.341 e. The molecule has 2 aliphatic heterocycles. The van der Waals surface area contributed by atoms with Crippen molar-refractivity contribution in [2.75, 3.05) is 32.7 Å². The van der Waals surface area contributed by atoms with Gasteiger partial charge in [0, 0.05) is 38.6 Å². The molecule has 2 rings (SSSR count). The van der Waals surface area contributed by atoms with E-state index in [9.17, 15) is 9.59 Å². The summed E-state index contributed by atoms with van der Waals surface area (Å²) in [5.41, 5.74) is 0. The lowest BCUT2D eigenvalue weighted by molar-refractivity contribution is -0.141. The molecule has 1 atom stereocenters. The minimum absolute atomic E-state index is 0.181. The molecule has 5 heteroatoms. The van der Waals surface area contributed by atoms with Crippen molar-refractivity contribution in [2.24, 2.45) is 5.92 Å². The number of nitrogens with one attached hydrogen (secondary N) is 1. The van der Waals surface area contributed by atoms with Crippen LogP contribution in [0.25, 0.3) is 0 Å². The molecule has 2 fully saturated rings. The van der Waals surface area contributed by atoms with Gasteiger partial charge in [-0.2, -0.15) is 0 Å². The molecule has 0 saturated carbocycles. The van der Waals surface area contributed by atoms with E-state index in [2.05, 4.69) is 19.2 Å². The number of carbonyl (C=O) groups excluding carboxylic acids is 2. The summed E-state index contributed by atoms with van der Waals surface area (Å²) in [7, 11) is 0.